The minimum atomic E-state index is -0.699. The molecule has 1 aromatic rings. The third-order valence-corrected chi connectivity index (χ3v) is 2.25. The first-order valence-electron chi connectivity index (χ1n) is 5.67. The molecule has 0 N–H and O–H groups in total. The van der Waals surface area contributed by atoms with Gasteiger partial charge >= 0.3 is 11.2 Å². The number of nitrogens with zero attached hydrogens (tertiary/aromatic N) is 2. The van der Waals surface area contributed by atoms with Gasteiger partial charge in [-0.25, -0.2) is 0 Å². The van der Waals surface area contributed by atoms with Crippen molar-refractivity contribution in [1.29, 1.82) is 0 Å². The molecule has 0 unspecified atom stereocenters. The third-order valence-electron chi connectivity index (χ3n) is 2.25. The van der Waals surface area contributed by atoms with Gasteiger partial charge in [-0.1, -0.05) is 0 Å². The van der Waals surface area contributed by atoms with Crippen molar-refractivity contribution in [1.82, 2.24) is 4.57 Å². The van der Waals surface area contributed by atoms with Crippen LogP contribution in [0.15, 0.2) is 23.1 Å². The van der Waals surface area contributed by atoms with Crippen LogP contribution in [-0.2, 0) is 16.0 Å². The Balaban J connectivity index is 2.92. The second kappa shape index (κ2) is 6.87. The number of rotatable bonds is 7. The number of hydrogen-bond acceptors (Lipinski definition) is 5. The van der Waals surface area contributed by atoms with E-state index in [0.29, 0.717) is 13.2 Å². The van der Waals surface area contributed by atoms with Crippen molar-refractivity contribution in [3.05, 3.63) is 38.8 Å². The van der Waals surface area contributed by atoms with E-state index in [1.165, 1.54) is 22.9 Å². The van der Waals surface area contributed by atoms with E-state index in [-0.39, 0.29) is 6.54 Å². The average molecular weight is 256 g/mol. The zero-order valence-electron chi connectivity index (χ0n) is 10.4. The molecule has 0 fully saturated rings. The number of nitro groups is 1. The molecule has 0 atom stereocenters. The molecule has 0 radical (unpaired) electrons. The van der Waals surface area contributed by atoms with E-state index in [1.54, 1.807) is 0 Å². The lowest BCUT2D eigenvalue weighted by molar-refractivity contribution is -0.386. The molecule has 7 heteroatoms. The zero-order valence-corrected chi connectivity index (χ0v) is 10.4. The fourth-order valence-corrected chi connectivity index (χ4v) is 1.49. The van der Waals surface area contributed by atoms with Crippen LogP contribution >= 0.6 is 0 Å². The molecule has 1 aromatic heterocycles. The molecule has 0 bridgehead atoms. The minimum absolute atomic E-state index is 0.127. The summed E-state index contributed by atoms with van der Waals surface area (Å²) in [6.07, 6.45) is 0.889. The van der Waals surface area contributed by atoms with Gasteiger partial charge in [0.25, 0.3) is 0 Å². The highest BCUT2D eigenvalue weighted by Gasteiger charge is 2.16. The lowest BCUT2D eigenvalue weighted by Gasteiger charge is -2.17. The second-order valence-electron chi connectivity index (χ2n) is 3.45. The molecule has 0 aliphatic carbocycles. The smallest absolute Gasteiger partial charge is 0.334 e. The van der Waals surface area contributed by atoms with E-state index in [0.717, 1.165) is 0 Å². The standard InChI is InChI=1S/C11H16N2O5/c1-3-17-10(18-4-2)8-12-7-5-6-9(11(12)14)13(15)16/h5-7,10H,3-4,8H2,1-2H3. The molecular formula is C11H16N2O5. The maximum atomic E-state index is 11.8. The predicted molar refractivity (Wildman–Crippen MR) is 64.4 cm³/mol. The van der Waals surface area contributed by atoms with Gasteiger partial charge in [0, 0.05) is 25.5 Å². The molecule has 0 saturated carbocycles. The van der Waals surface area contributed by atoms with Crippen molar-refractivity contribution in [3.8, 4) is 0 Å². The Morgan fingerprint density at radius 1 is 1.39 bits per heavy atom. The average Bonchev–Trinajstić information content (AvgIpc) is 2.32. The molecule has 0 amide bonds. The Morgan fingerprint density at radius 2 is 2.00 bits per heavy atom. The molecule has 0 aromatic carbocycles. The van der Waals surface area contributed by atoms with Crippen molar-refractivity contribution >= 4 is 5.69 Å². The minimum Gasteiger partial charge on any atom is -0.351 e. The van der Waals surface area contributed by atoms with E-state index in [4.69, 9.17) is 9.47 Å². The summed E-state index contributed by atoms with van der Waals surface area (Å²) in [4.78, 5) is 21.7. The fraction of sp³-hybridized carbons (Fsp3) is 0.545. The van der Waals surface area contributed by atoms with Crippen molar-refractivity contribution in [2.24, 2.45) is 0 Å². The summed E-state index contributed by atoms with van der Waals surface area (Å²) in [5.74, 6) is 0. The van der Waals surface area contributed by atoms with Gasteiger partial charge in [-0.05, 0) is 19.9 Å². The highest BCUT2D eigenvalue weighted by molar-refractivity contribution is 5.25. The van der Waals surface area contributed by atoms with E-state index < -0.39 is 22.5 Å². The lowest BCUT2D eigenvalue weighted by Crippen LogP contribution is -2.30. The Hall–Kier alpha value is -1.73. The molecule has 100 valence electrons. The maximum absolute atomic E-state index is 11.8. The van der Waals surface area contributed by atoms with Crippen LogP contribution in [0.5, 0.6) is 0 Å². The normalized spacial score (nSPS) is 10.8. The highest BCUT2D eigenvalue weighted by atomic mass is 16.7. The first-order chi connectivity index (χ1) is 8.60. The van der Waals surface area contributed by atoms with Gasteiger partial charge in [0.1, 0.15) is 0 Å². The topological polar surface area (TPSA) is 83.6 Å². The van der Waals surface area contributed by atoms with Gasteiger partial charge in [0.2, 0.25) is 0 Å². The van der Waals surface area contributed by atoms with E-state index in [2.05, 4.69) is 0 Å². The van der Waals surface area contributed by atoms with Crippen LogP contribution in [0.3, 0.4) is 0 Å². The molecule has 0 saturated heterocycles. The first-order valence-corrected chi connectivity index (χ1v) is 5.67. The number of pyridine rings is 1. The van der Waals surface area contributed by atoms with Crippen LogP contribution < -0.4 is 5.56 Å². The largest absolute Gasteiger partial charge is 0.351 e. The third kappa shape index (κ3) is 3.64. The van der Waals surface area contributed by atoms with E-state index in [1.807, 2.05) is 13.8 Å². The summed E-state index contributed by atoms with van der Waals surface area (Å²) in [5.41, 5.74) is -1.11. The first kappa shape index (κ1) is 14.3. The number of ether oxygens (including phenoxy) is 2. The van der Waals surface area contributed by atoms with Crippen molar-refractivity contribution in [3.63, 3.8) is 0 Å². The second-order valence-corrected chi connectivity index (χ2v) is 3.45. The SMILES string of the molecule is CCOC(Cn1cccc([N+](=O)[O-])c1=O)OCC. The van der Waals surface area contributed by atoms with E-state index >= 15 is 0 Å². The van der Waals surface area contributed by atoms with Crippen LogP contribution in [0.1, 0.15) is 13.8 Å². The number of aromatic nitrogens is 1. The Morgan fingerprint density at radius 3 is 2.50 bits per heavy atom. The van der Waals surface area contributed by atoms with Crippen LogP contribution in [0.4, 0.5) is 5.69 Å². The quantitative estimate of drug-likeness (QED) is 0.415. The van der Waals surface area contributed by atoms with E-state index in [9.17, 15) is 14.9 Å². The van der Waals surface area contributed by atoms with Gasteiger partial charge in [-0.3, -0.25) is 14.9 Å². The molecule has 0 spiro atoms. The maximum Gasteiger partial charge on any atom is 0.334 e. The van der Waals surface area contributed by atoms with Crippen molar-refractivity contribution in [2.75, 3.05) is 13.2 Å². The van der Waals surface area contributed by atoms with Gasteiger partial charge in [-0.2, -0.15) is 0 Å². The van der Waals surface area contributed by atoms with Gasteiger partial charge in [0.05, 0.1) is 11.5 Å². The Labute approximate surface area is 104 Å². The summed E-state index contributed by atoms with van der Waals surface area (Å²) >= 11 is 0. The highest BCUT2D eigenvalue weighted by Crippen LogP contribution is 2.04. The summed E-state index contributed by atoms with van der Waals surface area (Å²) < 4.78 is 11.8. The van der Waals surface area contributed by atoms with Crippen LogP contribution in [-0.4, -0.2) is 29.0 Å². The summed E-state index contributed by atoms with van der Waals surface area (Å²) in [5, 5.41) is 10.6. The Kier molecular flexibility index (Phi) is 5.47. The van der Waals surface area contributed by atoms with Crippen LogP contribution in [0, 0.1) is 10.1 Å². The zero-order chi connectivity index (χ0) is 13.5. The molecule has 1 rings (SSSR count). The Bertz CT molecular complexity index is 451. The van der Waals surface area contributed by atoms with Crippen LogP contribution in [0.2, 0.25) is 0 Å². The summed E-state index contributed by atoms with van der Waals surface area (Å²) in [6.45, 7) is 4.62. The molecule has 1 heterocycles. The number of hydrogen-bond donors (Lipinski definition) is 0. The molecule has 7 nitrogen and oxygen atoms in total. The van der Waals surface area contributed by atoms with Crippen LogP contribution in [0.25, 0.3) is 0 Å². The predicted octanol–water partition coefficient (Wildman–Crippen LogP) is 1.16. The lowest BCUT2D eigenvalue weighted by atomic mass is 10.4. The van der Waals surface area contributed by atoms with Crippen molar-refractivity contribution in [2.45, 2.75) is 26.7 Å². The molecule has 0 aliphatic rings. The van der Waals surface area contributed by atoms with Gasteiger partial charge in [0.15, 0.2) is 6.29 Å². The molecular weight excluding hydrogens is 240 g/mol. The molecule has 0 aliphatic heterocycles. The monoisotopic (exact) mass is 256 g/mol. The summed E-state index contributed by atoms with van der Waals surface area (Å²) in [7, 11) is 0. The fourth-order valence-electron chi connectivity index (χ4n) is 1.49. The summed E-state index contributed by atoms with van der Waals surface area (Å²) in [6, 6.07) is 2.63. The van der Waals surface area contributed by atoms with Gasteiger partial charge in [-0.15, -0.1) is 0 Å². The van der Waals surface area contributed by atoms with Crippen molar-refractivity contribution < 1.29 is 14.4 Å². The molecule has 18 heavy (non-hydrogen) atoms. The van der Waals surface area contributed by atoms with Gasteiger partial charge < -0.3 is 14.0 Å².